The third-order valence-corrected chi connectivity index (χ3v) is 15.1. The second-order valence-corrected chi connectivity index (χ2v) is 19.7. The van der Waals surface area contributed by atoms with Crippen molar-refractivity contribution in [3.05, 3.63) is 315 Å². The molecule has 2 heterocycles. The maximum atomic E-state index is 2.46. The minimum absolute atomic E-state index is 1.08. The molecule has 0 saturated heterocycles. The van der Waals surface area contributed by atoms with E-state index in [1.807, 2.05) is 0 Å². The van der Waals surface area contributed by atoms with Gasteiger partial charge in [0.1, 0.15) is 5.82 Å². The summed E-state index contributed by atoms with van der Waals surface area (Å²) < 4.78 is 2.45. The van der Waals surface area contributed by atoms with Crippen LogP contribution in [0, 0.1) is 0 Å². The summed E-state index contributed by atoms with van der Waals surface area (Å²) in [4.78, 5) is 7.26. The van der Waals surface area contributed by atoms with Gasteiger partial charge >= 0.3 is 0 Å². The van der Waals surface area contributed by atoms with Gasteiger partial charge in [-0.3, -0.25) is 9.47 Å². The number of anilines is 9. The van der Waals surface area contributed by atoms with Crippen LogP contribution in [0.3, 0.4) is 0 Å². The monoisotopic (exact) mass is 996 g/mol. The molecule has 13 aromatic rings. The lowest BCUT2D eigenvalue weighted by Gasteiger charge is -2.39. The Balaban J connectivity index is 0.856. The van der Waals surface area contributed by atoms with Crippen LogP contribution in [0.25, 0.3) is 72.2 Å². The minimum Gasteiger partial charge on any atom is -0.311 e. The molecule has 0 spiro atoms. The Morgan fingerprint density at radius 1 is 0.231 bits per heavy atom. The van der Waals surface area contributed by atoms with Crippen LogP contribution in [0.2, 0.25) is 0 Å². The third-order valence-electron chi connectivity index (χ3n) is 15.1. The Morgan fingerprint density at radius 2 is 0.564 bits per heavy atom. The van der Waals surface area contributed by atoms with Crippen molar-refractivity contribution in [1.82, 2.24) is 4.57 Å². The molecule has 78 heavy (non-hydrogen) atoms. The van der Waals surface area contributed by atoms with Crippen LogP contribution in [0.4, 0.5) is 51.3 Å². The number of benzene rings is 12. The van der Waals surface area contributed by atoms with Crippen LogP contribution < -0.4 is 14.7 Å². The number of hydrogen-bond acceptors (Lipinski definition) is 3. The van der Waals surface area contributed by atoms with Gasteiger partial charge in [0.15, 0.2) is 0 Å². The largest absolute Gasteiger partial charge is 0.311 e. The van der Waals surface area contributed by atoms with Gasteiger partial charge in [-0.25, -0.2) is 0 Å². The predicted molar refractivity (Wildman–Crippen MR) is 328 cm³/mol. The normalized spacial score (nSPS) is 11.8. The zero-order valence-corrected chi connectivity index (χ0v) is 42.8. The Morgan fingerprint density at radius 3 is 1.08 bits per heavy atom. The molecule has 14 rings (SSSR count). The van der Waals surface area contributed by atoms with Gasteiger partial charge in [-0.05, 0) is 147 Å². The first-order valence-electron chi connectivity index (χ1n) is 26.7. The van der Waals surface area contributed by atoms with Crippen LogP contribution in [0.15, 0.2) is 315 Å². The minimum atomic E-state index is 1.08. The predicted octanol–water partition coefficient (Wildman–Crippen LogP) is 20.7. The molecule has 1 aromatic heterocycles. The van der Waals surface area contributed by atoms with E-state index < -0.39 is 0 Å². The molecule has 0 amide bonds. The van der Waals surface area contributed by atoms with Gasteiger partial charge in [-0.2, -0.15) is 0 Å². The van der Waals surface area contributed by atoms with Crippen molar-refractivity contribution in [1.29, 1.82) is 0 Å². The summed E-state index contributed by atoms with van der Waals surface area (Å²) in [5, 5.41) is 1.18. The lowest BCUT2D eigenvalue weighted by molar-refractivity contribution is 1.05. The first-order chi connectivity index (χ1) is 38.7. The van der Waals surface area contributed by atoms with E-state index in [9.17, 15) is 0 Å². The Bertz CT molecular complexity index is 4200. The van der Waals surface area contributed by atoms with Crippen molar-refractivity contribution in [2.45, 2.75) is 0 Å². The van der Waals surface area contributed by atoms with Crippen LogP contribution in [0.1, 0.15) is 0 Å². The van der Waals surface area contributed by atoms with Crippen molar-refractivity contribution in [3.8, 4) is 61.3 Å². The van der Waals surface area contributed by atoms with Gasteiger partial charge in [-0.1, -0.05) is 224 Å². The summed E-state index contributed by atoms with van der Waals surface area (Å²) in [6, 6.07) is 114. The number of aromatic nitrogens is 1. The summed E-state index contributed by atoms with van der Waals surface area (Å²) >= 11 is 0. The van der Waals surface area contributed by atoms with E-state index in [1.165, 1.54) is 38.8 Å². The lowest BCUT2D eigenvalue weighted by Crippen LogP contribution is -2.25. The van der Waals surface area contributed by atoms with E-state index in [0.29, 0.717) is 0 Å². The van der Waals surface area contributed by atoms with Crippen LogP contribution in [-0.4, -0.2) is 4.57 Å². The van der Waals surface area contributed by atoms with E-state index in [1.54, 1.807) is 0 Å². The molecule has 1 aliphatic rings. The number of nitrogens with zero attached hydrogens (tertiary/aromatic N) is 4. The molecule has 0 aliphatic carbocycles. The summed E-state index contributed by atoms with van der Waals surface area (Å²) in [5.74, 6) is 1.08. The standard InChI is InChI=1S/C74H52N4/c1-6-21-53(22-7-1)55-41-47-63(48-42-55)75(65-51-45-58(46-52-65)67-32-17-16-31-66(67)57-23-8-2-9-24-57)64-49-43-56(44-50-64)54-37-39-59(40-38-54)68-33-20-36-71-72(68)73-74(78(71)62-29-14-5-15-30-62)77(61-27-12-4-13-28-61)70-35-19-18-34-69(70)76(73)60-25-10-3-11-26-60/h1-52H. The van der Waals surface area contributed by atoms with Crippen molar-refractivity contribution in [3.63, 3.8) is 0 Å². The van der Waals surface area contributed by atoms with Crippen LogP contribution in [0.5, 0.6) is 0 Å². The molecule has 1 aliphatic heterocycles. The summed E-state index contributed by atoms with van der Waals surface area (Å²) in [6.07, 6.45) is 0. The molecule has 368 valence electrons. The maximum absolute atomic E-state index is 2.46. The fourth-order valence-corrected chi connectivity index (χ4v) is 11.5. The number of hydrogen-bond donors (Lipinski definition) is 0. The first-order valence-corrected chi connectivity index (χ1v) is 26.7. The second kappa shape index (κ2) is 20.0. The van der Waals surface area contributed by atoms with Gasteiger partial charge in [0.05, 0.1) is 22.6 Å². The lowest BCUT2D eigenvalue weighted by atomic mass is 9.94. The highest BCUT2D eigenvalue weighted by Gasteiger charge is 2.37. The van der Waals surface area contributed by atoms with Crippen LogP contribution >= 0.6 is 0 Å². The van der Waals surface area contributed by atoms with E-state index in [0.717, 1.165) is 84.8 Å². The third kappa shape index (κ3) is 8.30. The van der Waals surface area contributed by atoms with Gasteiger partial charge < -0.3 is 9.80 Å². The number of para-hydroxylation sites is 5. The molecule has 4 nitrogen and oxygen atoms in total. The van der Waals surface area contributed by atoms with Crippen molar-refractivity contribution >= 4 is 62.2 Å². The topological polar surface area (TPSA) is 14.7 Å². The number of fused-ring (bicyclic) bond motifs is 4. The highest BCUT2D eigenvalue weighted by atomic mass is 15.3. The second-order valence-electron chi connectivity index (χ2n) is 19.7. The summed E-state index contributed by atoms with van der Waals surface area (Å²) in [6.45, 7) is 0. The average Bonchev–Trinajstić information content (AvgIpc) is 4.05. The molecular formula is C74H52N4. The average molecular weight is 997 g/mol. The van der Waals surface area contributed by atoms with E-state index >= 15 is 0 Å². The molecule has 0 saturated carbocycles. The zero-order chi connectivity index (χ0) is 51.8. The molecule has 0 fully saturated rings. The molecule has 0 unspecified atom stereocenters. The summed E-state index contributed by atoms with van der Waals surface area (Å²) in [5.41, 5.74) is 22.8. The Labute approximate surface area is 455 Å². The first kappa shape index (κ1) is 46.1. The fourth-order valence-electron chi connectivity index (χ4n) is 11.5. The molecule has 0 bridgehead atoms. The summed E-state index contributed by atoms with van der Waals surface area (Å²) in [7, 11) is 0. The quantitative estimate of drug-likeness (QED) is 0.128. The van der Waals surface area contributed by atoms with Gasteiger partial charge in [0.2, 0.25) is 0 Å². The molecule has 0 N–H and O–H groups in total. The van der Waals surface area contributed by atoms with E-state index in [2.05, 4.69) is 335 Å². The van der Waals surface area contributed by atoms with Crippen LogP contribution in [-0.2, 0) is 0 Å². The molecule has 0 atom stereocenters. The Hall–Kier alpha value is -10.4. The van der Waals surface area contributed by atoms with E-state index in [4.69, 9.17) is 0 Å². The molecular weight excluding hydrogens is 945 g/mol. The maximum Gasteiger partial charge on any atom is 0.148 e. The zero-order valence-electron chi connectivity index (χ0n) is 42.8. The van der Waals surface area contributed by atoms with Gasteiger partial charge in [-0.15, -0.1) is 0 Å². The molecule has 4 heteroatoms. The van der Waals surface area contributed by atoms with E-state index in [-0.39, 0.29) is 0 Å². The fraction of sp³-hybridized carbons (Fsp3) is 0. The highest BCUT2D eigenvalue weighted by molar-refractivity contribution is 6.17. The van der Waals surface area contributed by atoms with Crippen molar-refractivity contribution < 1.29 is 0 Å². The van der Waals surface area contributed by atoms with Gasteiger partial charge in [0, 0.05) is 39.5 Å². The molecule has 0 radical (unpaired) electrons. The smallest absolute Gasteiger partial charge is 0.148 e. The molecule has 12 aromatic carbocycles. The van der Waals surface area contributed by atoms with Crippen molar-refractivity contribution in [2.75, 3.05) is 14.7 Å². The SMILES string of the molecule is c1ccc(-c2ccc(N(c3ccc(-c4ccc(-c5cccc6c5c5c(n6-c6ccccc6)N(c6ccccc6)c6ccccc6N5c5ccccc5)cc4)cc3)c3ccc(-c4ccccc4-c4ccccc4)cc3)cc2)cc1. The van der Waals surface area contributed by atoms with Gasteiger partial charge in [0.25, 0.3) is 0 Å². The number of rotatable bonds is 11. The Kier molecular flexibility index (Phi) is 11.8. The highest BCUT2D eigenvalue weighted by Crippen LogP contribution is 2.59. The van der Waals surface area contributed by atoms with Crippen molar-refractivity contribution in [2.24, 2.45) is 0 Å².